The van der Waals surface area contributed by atoms with Crippen molar-refractivity contribution in [3.63, 3.8) is 0 Å². The van der Waals surface area contributed by atoms with E-state index in [0.29, 0.717) is 13.0 Å². The minimum absolute atomic E-state index is 0.0326. The summed E-state index contributed by atoms with van der Waals surface area (Å²) in [6, 6.07) is 20.3. The molecule has 1 fully saturated rings. The van der Waals surface area contributed by atoms with Crippen LogP contribution in [-0.2, 0) is 25.5 Å². The molecule has 0 amide bonds. The molecule has 2 aromatic rings. The van der Waals surface area contributed by atoms with Crippen molar-refractivity contribution in [1.29, 1.82) is 0 Å². The molecule has 1 aliphatic rings. The Kier molecular flexibility index (Phi) is 6.25. The fourth-order valence-corrected chi connectivity index (χ4v) is 3.84. The first-order valence-electron chi connectivity index (χ1n) is 8.79. The highest BCUT2D eigenvalue weighted by atomic mass is 32.2. The molecule has 0 saturated carbocycles. The average molecular weight is 372 g/mol. The molecule has 1 heterocycles. The molecule has 0 N–H and O–H groups in total. The molecule has 26 heavy (non-hydrogen) atoms. The molecule has 0 aliphatic carbocycles. The molecule has 1 saturated heterocycles. The van der Waals surface area contributed by atoms with Gasteiger partial charge in [0.2, 0.25) is 0 Å². The summed E-state index contributed by atoms with van der Waals surface area (Å²) in [5, 5.41) is 0. The number of hydrogen-bond donors (Lipinski definition) is 0. The first kappa shape index (κ1) is 18.8. The predicted octanol–water partition coefficient (Wildman–Crippen LogP) is 3.84. The molecule has 2 aromatic carbocycles. The Morgan fingerprint density at radius 3 is 2.38 bits per heavy atom. The fourth-order valence-electron chi connectivity index (χ4n) is 3.22. The van der Waals surface area contributed by atoms with Gasteiger partial charge in [0.1, 0.15) is 6.10 Å². The summed E-state index contributed by atoms with van der Waals surface area (Å²) in [7, 11) is -3.50. The summed E-state index contributed by atoms with van der Waals surface area (Å²) in [5.41, 5.74) is 3.42. The van der Waals surface area contributed by atoms with E-state index in [9.17, 15) is 8.42 Å². The number of aryl methyl sites for hydroxylation is 1. The highest BCUT2D eigenvalue weighted by molar-refractivity contribution is 7.86. The van der Waals surface area contributed by atoms with Crippen LogP contribution in [0.25, 0.3) is 6.08 Å². The lowest BCUT2D eigenvalue weighted by molar-refractivity contribution is -0.0134. The van der Waals surface area contributed by atoms with Crippen LogP contribution < -0.4 is 0 Å². The minimum Gasteiger partial charge on any atom is -0.371 e. The van der Waals surface area contributed by atoms with E-state index in [4.69, 9.17) is 8.92 Å². The van der Waals surface area contributed by atoms with Crippen molar-refractivity contribution in [1.82, 2.24) is 0 Å². The second kappa shape index (κ2) is 8.62. The lowest BCUT2D eigenvalue weighted by Gasteiger charge is -2.31. The molecule has 138 valence electrons. The fraction of sp³-hybridized carbons (Fsp3) is 0.333. The van der Waals surface area contributed by atoms with Gasteiger partial charge in [-0.1, -0.05) is 66.7 Å². The maximum Gasteiger partial charge on any atom is 0.264 e. The third-order valence-electron chi connectivity index (χ3n) is 4.36. The van der Waals surface area contributed by atoms with E-state index >= 15 is 0 Å². The van der Waals surface area contributed by atoms with E-state index in [1.807, 2.05) is 48.5 Å². The van der Waals surface area contributed by atoms with Gasteiger partial charge in [-0.15, -0.1) is 0 Å². The molecule has 0 unspecified atom stereocenters. The molecule has 0 spiro atoms. The lowest BCUT2D eigenvalue weighted by atomic mass is 9.93. The molecular weight excluding hydrogens is 348 g/mol. The molecule has 0 aromatic heterocycles. The van der Waals surface area contributed by atoms with Crippen molar-refractivity contribution in [2.75, 3.05) is 12.9 Å². The molecule has 0 bridgehead atoms. The van der Waals surface area contributed by atoms with E-state index in [1.54, 1.807) is 0 Å². The summed E-state index contributed by atoms with van der Waals surface area (Å²) in [4.78, 5) is 0. The van der Waals surface area contributed by atoms with Crippen molar-refractivity contribution in [3.8, 4) is 0 Å². The maximum absolute atomic E-state index is 11.5. The second-order valence-electron chi connectivity index (χ2n) is 6.60. The Labute approximate surface area is 155 Å². The Bertz CT molecular complexity index is 829. The molecule has 0 radical (unpaired) electrons. The zero-order chi connectivity index (χ0) is 18.4. The zero-order valence-corrected chi connectivity index (χ0v) is 15.7. The van der Waals surface area contributed by atoms with Gasteiger partial charge in [0.25, 0.3) is 10.1 Å². The van der Waals surface area contributed by atoms with E-state index in [2.05, 4.69) is 18.2 Å². The molecule has 1 aliphatic heterocycles. The van der Waals surface area contributed by atoms with Gasteiger partial charge >= 0.3 is 0 Å². The summed E-state index contributed by atoms with van der Waals surface area (Å²) in [6.45, 7) is 0.290. The first-order chi connectivity index (χ1) is 12.5. The van der Waals surface area contributed by atoms with Crippen LogP contribution in [0.2, 0.25) is 0 Å². The van der Waals surface area contributed by atoms with Crippen molar-refractivity contribution in [3.05, 3.63) is 77.4 Å². The standard InChI is InChI=1S/C21H24O4S/c1-26(22,23)25-20-15-19(14-18-10-6-3-7-11-18)21(24-16-20)13-12-17-8-4-2-5-9-17/h2-11,14,20-21H,12-13,15-16H2,1H3/b19-14-/t20-,21+/m0/s1. The SMILES string of the molecule is CS(=O)(=O)O[C@@H]1CO[C@H](CCc2ccccc2)/C(=C\c2ccccc2)C1. The minimum atomic E-state index is -3.50. The van der Waals surface area contributed by atoms with Crippen LogP contribution in [0.15, 0.2) is 66.2 Å². The Morgan fingerprint density at radius 2 is 1.73 bits per heavy atom. The van der Waals surface area contributed by atoms with E-state index < -0.39 is 16.2 Å². The molecule has 3 rings (SSSR count). The van der Waals surface area contributed by atoms with Crippen molar-refractivity contribution >= 4 is 16.2 Å². The molecule has 4 nitrogen and oxygen atoms in total. The van der Waals surface area contributed by atoms with E-state index in [1.165, 1.54) is 5.56 Å². The van der Waals surface area contributed by atoms with Gasteiger partial charge in [-0.25, -0.2) is 0 Å². The van der Waals surface area contributed by atoms with Crippen molar-refractivity contribution in [2.45, 2.75) is 31.5 Å². The van der Waals surface area contributed by atoms with Gasteiger partial charge < -0.3 is 4.74 Å². The molecule has 2 atom stereocenters. The Morgan fingerprint density at radius 1 is 1.08 bits per heavy atom. The first-order valence-corrected chi connectivity index (χ1v) is 10.6. The van der Waals surface area contributed by atoms with Gasteiger partial charge in [0, 0.05) is 6.42 Å². The predicted molar refractivity (Wildman–Crippen MR) is 103 cm³/mol. The van der Waals surface area contributed by atoms with Crippen molar-refractivity contribution < 1.29 is 17.3 Å². The van der Waals surface area contributed by atoms with Gasteiger partial charge in [-0.2, -0.15) is 8.42 Å². The summed E-state index contributed by atoms with van der Waals surface area (Å²) < 4.78 is 34.1. The number of benzene rings is 2. The Hall–Kier alpha value is -1.95. The highest BCUT2D eigenvalue weighted by Gasteiger charge is 2.28. The quantitative estimate of drug-likeness (QED) is 0.723. The maximum atomic E-state index is 11.5. The van der Waals surface area contributed by atoms with Crippen LogP contribution >= 0.6 is 0 Å². The van der Waals surface area contributed by atoms with E-state index in [0.717, 1.165) is 30.2 Å². The van der Waals surface area contributed by atoms with Crippen LogP contribution in [0.4, 0.5) is 0 Å². The Balaban J connectivity index is 1.75. The lowest BCUT2D eigenvalue weighted by Crippen LogP contribution is -2.35. The molecular formula is C21H24O4S. The van der Waals surface area contributed by atoms with E-state index in [-0.39, 0.29) is 6.10 Å². The second-order valence-corrected chi connectivity index (χ2v) is 8.20. The topological polar surface area (TPSA) is 52.6 Å². The normalized spacial score (nSPS) is 22.4. The average Bonchev–Trinajstić information content (AvgIpc) is 2.61. The zero-order valence-electron chi connectivity index (χ0n) is 14.9. The smallest absolute Gasteiger partial charge is 0.264 e. The third kappa shape index (κ3) is 5.80. The van der Waals surface area contributed by atoms with Gasteiger partial charge in [0.05, 0.1) is 19.0 Å². The van der Waals surface area contributed by atoms with Crippen LogP contribution in [0, 0.1) is 0 Å². The van der Waals surface area contributed by atoms with Gasteiger partial charge in [-0.3, -0.25) is 4.18 Å². The van der Waals surface area contributed by atoms with Crippen molar-refractivity contribution in [2.24, 2.45) is 0 Å². The number of ether oxygens (including phenoxy) is 1. The number of rotatable bonds is 6. The largest absolute Gasteiger partial charge is 0.371 e. The number of hydrogen-bond acceptors (Lipinski definition) is 4. The van der Waals surface area contributed by atoms with Crippen LogP contribution in [0.3, 0.4) is 0 Å². The summed E-state index contributed by atoms with van der Waals surface area (Å²) in [6.07, 6.45) is 5.00. The van der Waals surface area contributed by atoms with Crippen LogP contribution in [-0.4, -0.2) is 33.5 Å². The van der Waals surface area contributed by atoms with Crippen LogP contribution in [0.5, 0.6) is 0 Å². The third-order valence-corrected chi connectivity index (χ3v) is 4.98. The van der Waals surface area contributed by atoms with Crippen LogP contribution in [0.1, 0.15) is 24.0 Å². The summed E-state index contributed by atoms with van der Waals surface area (Å²) in [5.74, 6) is 0. The van der Waals surface area contributed by atoms with Gasteiger partial charge in [-0.05, 0) is 29.5 Å². The summed E-state index contributed by atoms with van der Waals surface area (Å²) >= 11 is 0. The van der Waals surface area contributed by atoms with Gasteiger partial charge in [0.15, 0.2) is 0 Å². The monoisotopic (exact) mass is 372 g/mol. The molecule has 5 heteroatoms. The highest BCUT2D eigenvalue weighted by Crippen LogP contribution is 2.28.